The quantitative estimate of drug-likeness (QED) is 0.521. The van der Waals surface area contributed by atoms with Crippen molar-refractivity contribution in [3.63, 3.8) is 0 Å². The summed E-state index contributed by atoms with van der Waals surface area (Å²) in [5.74, 6) is -0.759. The molecule has 0 radical (unpaired) electrons. The molecule has 3 aliphatic carbocycles. The molecular formula is C29H27NO2. The number of carbonyl (C=O) groups is 2. The van der Waals surface area contributed by atoms with Gasteiger partial charge in [-0.3, -0.25) is 14.5 Å². The smallest absolute Gasteiger partial charge is 0.234 e. The largest absolute Gasteiger partial charge is 0.278 e. The number of carbonyl (C=O) groups excluding carboxylic acids is 2. The van der Waals surface area contributed by atoms with Gasteiger partial charge in [0.25, 0.3) is 0 Å². The predicted molar refractivity (Wildman–Crippen MR) is 124 cm³/mol. The first-order valence-electron chi connectivity index (χ1n) is 11.5. The second-order valence-electron chi connectivity index (χ2n) is 10.5. The molecule has 4 atom stereocenters. The Morgan fingerprint density at radius 3 is 1.81 bits per heavy atom. The van der Waals surface area contributed by atoms with Crippen LogP contribution in [0.5, 0.6) is 0 Å². The maximum Gasteiger partial charge on any atom is 0.234 e. The van der Waals surface area contributed by atoms with E-state index in [1.807, 2.05) is 30.3 Å². The Morgan fingerprint density at radius 1 is 0.688 bits per heavy atom. The van der Waals surface area contributed by atoms with Crippen molar-refractivity contribution in [2.45, 2.75) is 44.6 Å². The summed E-state index contributed by atoms with van der Waals surface area (Å²) in [6, 6.07) is 25.0. The first-order chi connectivity index (χ1) is 15.4. The van der Waals surface area contributed by atoms with Gasteiger partial charge in [0, 0.05) is 11.8 Å². The fraction of sp³-hybridized carbons (Fsp3) is 0.310. The van der Waals surface area contributed by atoms with Crippen LogP contribution in [0.2, 0.25) is 0 Å². The molecule has 2 amide bonds. The number of benzene rings is 3. The molecule has 1 saturated heterocycles. The summed E-state index contributed by atoms with van der Waals surface area (Å²) >= 11 is 0. The Hall–Kier alpha value is -3.20. The first kappa shape index (κ1) is 19.5. The van der Waals surface area contributed by atoms with Gasteiger partial charge < -0.3 is 0 Å². The summed E-state index contributed by atoms with van der Waals surface area (Å²) in [6.07, 6.45) is 0. The standard InChI is InChI=1S/C29H27NO2/c1-29(2,3)18-13-14-21-22(15-18)24-20-12-8-7-11-19(20)23(21)25-26(24)28(32)30(27(25)31)16-17-9-5-4-6-10-17/h4-15,23-26H,16H2,1-3H3/t23-,24-,25+,26-/m1/s1. The van der Waals surface area contributed by atoms with Crippen molar-refractivity contribution in [1.82, 2.24) is 4.90 Å². The Balaban J connectivity index is 1.51. The van der Waals surface area contributed by atoms with Gasteiger partial charge in [0.15, 0.2) is 0 Å². The summed E-state index contributed by atoms with van der Waals surface area (Å²) in [5.41, 5.74) is 7.20. The maximum absolute atomic E-state index is 13.8. The minimum Gasteiger partial charge on any atom is -0.278 e. The monoisotopic (exact) mass is 421 g/mol. The van der Waals surface area contributed by atoms with Crippen molar-refractivity contribution in [3.8, 4) is 0 Å². The van der Waals surface area contributed by atoms with Crippen LogP contribution in [-0.2, 0) is 21.5 Å². The van der Waals surface area contributed by atoms with Crippen molar-refractivity contribution in [1.29, 1.82) is 0 Å². The van der Waals surface area contributed by atoms with E-state index in [9.17, 15) is 9.59 Å². The lowest BCUT2D eigenvalue weighted by atomic mass is 9.54. The van der Waals surface area contributed by atoms with Crippen LogP contribution in [0.4, 0.5) is 0 Å². The average Bonchev–Trinajstić information content (AvgIpc) is 3.04. The van der Waals surface area contributed by atoms with Gasteiger partial charge in [-0.1, -0.05) is 93.6 Å². The van der Waals surface area contributed by atoms with Gasteiger partial charge in [0.2, 0.25) is 11.8 Å². The van der Waals surface area contributed by atoms with E-state index in [-0.39, 0.29) is 40.9 Å². The molecule has 2 bridgehead atoms. The van der Waals surface area contributed by atoms with Gasteiger partial charge in [0.05, 0.1) is 18.4 Å². The molecule has 4 aliphatic rings. The zero-order chi connectivity index (χ0) is 22.2. The second-order valence-corrected chi connectivity index (χ2v) is 10.5. The summed E-state index contributed by atoms with van der Waals surface area (Å²) in [5, 5.41) is 0. The van der Waals surface area contributed by atoms with Gasteiger partial charge >= 0.3 is 0 Å². The lowest BCUT2D eigenvalue weighted by molar-refractivity contribution is -0.140. The van der Waals surface area contributed by atoms with Gasteiger partial charge in [-0.2, -0.15) is 0 Å². The molecule has 1 aliphatic heterocycles. The van der Waals surface area contributed by atoms with E-state index in [2.05, 4.69) is 63.2 Å². The molecule has 3 heteroatoms. The molecule has 160 valence electrons. The Bertz CT molecular complexity index is 1250. The molecule has 3 aromatic carbocycles. The average molecular weight is 422 g/mol. The zero-order valence-electron chi connectivity index (χ0n) is 18.7. The van der Waals surface area contributed by atoms with Gasteiger partial charge in [-0.15, -0.1) is 0 Å². The molecule has 32 heavy (non-hydrogen) atoms. The zero-order valence-corrected chi connectivity index (χ0v) is 18.7. The SMILES string of the molecule is CC(C)(C)c1ccc2c(c1)[C@H]1c3ccccc3[C@H]2[C@@H]2C(=O)N(Cc3ccccc3)C(=O)[C@H]12. The number of likely N-dealkylation sites (tertiary alicyclic amines) is 1. The molecule has 1 fully saturated rings. The molecule has 7 rings (SSSR count). The summed E-state index contributed by atoms with van der Waals surface area (Å²) in [6.45, 7) is 7.01. The van der Waals surface area contributed by atoms with Crippen molar-refractivity contribution in [3.05, 3.63) is 106 Å². The molecule has 0 aromatic heterocycles. The van der Waals surface area contributed by atoms with E-state index in [1.54, 1.807) is 0 Å². The molecule has 3 aromatic rings. The molecule has 1 heterocycles. The van der Waals surface area contributed by atoms with Crippen LogP contribution in [0.3, 0.4) is 0 Å². The fourth-order valence-corrected chi connectivity index (χ4v) is 6.18. The number of hydrogen-bond donors (Lipinski definition) is 0. The minimum atomic E-state index is -0.311. The highest BCUT2D eigenvalue weighted by Crippen LogP contribution is 2.61. The van der Waals surface area contributed by atoms with Crippen LogP contribution in [0.15, 0.2) is 72.8 Å². The van der Waals surface area contributed by atoms with E-state index in [0.29, 0.717) is 6.54 Å². The van der Waals surface area contributed by atoms with E-state index in [1.165, 1.54) is 32.7 Å². The van der Waals surface area contributed by atoms with Crippen LogP contribution in [0.25, 0.3) is 0 Å². The number of nitrogens with zero attached hydrogens (tertiary/aromatic N) is 1. The third-order valence-electron chi connectivity index (χ3n) is 7.68. The van der Waals surface area contributed by atoms with Gasteiger partial charge in [-0.05, 0) is 38.8 Å². The van der Waals surface area contributed by atoms with E-state index in [0.717, 1.165) is 5.56 Å². The summed E-state index contributed by atoms with van der Waals surface area (Å²) in [7, 11) is 0. The van der Waals surface area contributed by atoms with Crippen molar-refractivity contribution in [2.24, 2.45) is 11.8 Å². The van der Waals surface area contributed by atoms with E-state index in [4.69, 9.17) is 0 Å². The molecule has 0 unspecified atom stereocenters. The Kier molecular flexibility index (Phi) is 4.05. The third-order valence-corrected chi connectivity index (χ3v) is 7.68. The molecule has 3 nitrogen and oxygen atoms in total. The number of imide groups is 1. The fourth-order valence-electron chi connectivity index (χ4n) is 6.18. The van der Waals surface area contributed by atoms with Crippen molar-refractivity contribution >= 4 is 11.8 Å². The van der Waals surface area contributed by atoms with Crippen molar-refractivity contribution < 1.29 is 9.59 Å². The minimum absolute atomic E-state index is 0.0137. The molecule has 0 N–H and O–H groups in total. The van der Waals surface area contributed by atoms with E-state index >= 15 is 0 Å². The number of hydrogen-bond acceptors (Lipinski definition) is 2. The Labute approximate surface area is 189 Å². The normalized spacial score (nSPS) is 25.5. The lowest BCUT2D eigenvalue weighted by Gasteiger charge is -2.46. The van der Waals surface area contributed by atoms with Crippen LogP contribution in [0.1, 0.15) is 66.0 Å². The van der Waals surface area contributed by atoms with E-state index < -0.39 is 0 Å². The summed E-state index contributed by atoms with van der Waals surface area (Å²) in [4.78, 5) is 29.0. The van der Waals surface area contributed by atoms with Crippen LogP contribution in [-0.4, -0.2) is 16.7 Å². The van der Waals surface area contributed by atoms with Crippen molar-refractivity contribution in [2.75, 3.05) is 0 Å². The highest BCUT2D eigenvalue weighted by molar-refractivity contribution is 6.07. The Morgan fingerprint density at radius 2 is 1.22 bits per heavy atom. The molecular weight excluding hydrogens is 394 g/mol. The molecule has 0 saturated carbocycles. The van der Waals surface area contributed by atoms with Gasteiger partial charge in [0.1, 0.15) is 0 Å². The predicted octanol–water partition coefficient (Wildman–Crippen LogP) is 5.38. The topological polar surface area (TPSA) is 37.4 Å². The second kappa shape index (κ2) is 6.65. The lowest BCUT2D eigenvalue weighted by Crippen LogP contribution is -2.41. The highest BCUT2D eigenvalue weighted by atomic mass is 16.2. The molecule has 0 spiro atoms. The number of amides is 2. The third kappa shape index (κ3) is 2.60. The van der Waals surface area contributed by atoms with Crippen LogP contribution < -0.4 is 0 Å². The highest BCUT2D eigenvalue weighted by Gasteiger charge is 2.61. The first-order valence-corrected chi connectivity index (χ1v) is 11.5. The van der Waals surface area contributed by atoms with Gasteiger partial charge in [-0.25, -0.2) is 0 Å². The maximum atomic E-state index is 13.8. The van der Waals surface area contributed by atoms with Crippen LogP contribution in [0, 0.1) is 11.8 Å². The van der Waals surface area contributed by atoms with Crippen LogP contribution >= 0.6 is 0 Å². The number of rotatable bonds is 2. The summed E-state index contributed by atoms with van der Waals surface area (Å²) < 4.78 is 0.